The summed E-state index contributed by atoms with van der Waals surface area (Å²) in [7, 11) is 0. The van der Waals surface area contributed by atoms with E-state index in [1.165, 1.54) is 0 Å². The van der Waals surface area contributed by atoms with Crippen molar-refractivity contribution in [3.05, 3.63) is 35.2 Å². The molecule has 3 rings (SSSR count). The van der Waals surface area contributed by atoms with Gasteiger partial charge in [-0.15, -0.1) is 5.10 Å². The number of benzene rings is 1. The molecule has 1 aliphatic heterocycles. The van der Waals surface area contributed by atoms with Crippen molar-refractivity contribution in [2.24, 2.45) is 0 Å². The number of ether oxygens (including phenoxy) is 1. The number of aryl methyl sites for hydroxylation is 1. The van der Waals surface area contributed by atoms with Gasteiger partial charge in [-0.25, -0.2) is 0 Å². The third kappa shape index (κ3) is 2.88. The first-order chi connectivity index (χ1) is 9.74. The number of rotatable bonds is 5. The van der Waals surface area contributed by atoms with Gasteiger partial charge in [-0.1, -0.05) is 29.7 Å². The zero-order valence-corrected chi connectivity index (χ0v) is 12.0. The number of aromatic nitrogens is 2. The van der Waals surface area contributed by atoms with E-state index in [2.05, 4.69) is 17.1 Å². The van der Waals surface area contributed by atoms with Crippen LogP contribution in [0.1, 0.15) is 19.2 Å². The lowest BCUT2D eigenvalue weighted by molar-refractivity contribution is 0.162. The highest BCUT2D eigenvalue weighted by atomic mass is 35.5. The van der Waals surface area contributed by atoms with Gasteiger partial charge in [-0.05, 0) is 24.6 Å². The van der Waals surface area contributed by atoms with E-state index in [0.717, 1.165) is 31.7 Å². The van der Waals surface area contributed by atoms with Crippen LogP contribution in [0.5, 0.6) is 5.75 Å². The predicted molar refractivity (Wildman–Crippen MR) is 76.4 cm³/mol. The average molecular weight is 294 g/mol. The number of halogens is 1. The minimum atomic E-state index is 0.134. The van der Waals surface area contributed by atoms with E-state index in [0.29, 0.717) is 16.9 Å². The third-order valence-corrected chi connectivity index (χ3v) is 3.37. The highest BCUT2D eigenvalue weighted by molar-refractivity contribution is 6.30. The van der Waals surface area contributed by atoms with Crippen molar-refractivity contribution in [1.29, 1.82) is 0 Å². The highest BCUT2D eigenvalue weighted by Gasteiger charge is 2.32. The fourth-order valence-corrected chi connectivity index (χ4v) is 2.27. The molecule has 1 aromatic heterocycles. The van der Waals surface area contributed by atoms with Crippen molar-refractivity contribution < 1.29 is 9.15 Å². The van der Waals surface area contributed by atoms with Crippen LogP contribution in [0.15, 0.2) is 28.7 Å². The third-order valence-electron chi connectivity index (χ3n) is 3.14. The largest absolute Gasteiger partial charge is 0.487 e. The lowest BCUT2D eigenvalue weighted by Gasteiger charge is -2.37. The van der Waals surface area contributed by atoms with Crippen LogP contribution in [0.4, 0.5) is 6.01 Å². The van der Waals surface area contributed by atoms with Crippen LogP contribution < -0.4 is 9.64 Å². The van der Waals surface area contributed by atoms with Gasteiger partial charge in [0.05, 0.1) is 13.1 Å². The molecule has 0 aliphatic carbocycles. The molecule has 0 bridgehead atoms. The van der Waals surface area contributed by atoms with Crippen molar-refractivity contribution in [3.63, 3.8) is 0 Å². The predicted octanol–water partition coefficient (Wildman–Crippen LogP) is 2.94. The van der Waals surface area contributed by atoms with Gasteiger partial charge < -0.3 is 14.1 Å². The summed E-state index contributed by atoms with van der Waals surface area (Å²) in [4.78, 5) is 2.02. The molecule has 5 nitrogen and oxygen atoms in total. The highest BCUT2D eigenvalue weighted by Crippen LogP contribution is 2.24. The van der Waals surface area contributed by atoms with Crippen LogP contribution in [0, 0.1) is 0 Å². The van der Waals surface area contributed by atoms with Crippen molar-refractivity contribution in [1.82, 2.24) is 10.2 Å². The summed E-state index contributed by atoms with van der Waals surface area (Å²) < 4.78 is 11.4. The molecule has 2 aromatic rings. The summed E-state index contributed by atoms with van der Waals surface area (Å²) in [6, 6.07) is 8.01. The molecule has 0 atom stereocenters. The van der Waals surface area contributed by atoms with E-state index in [9.17, 15) is 0 Å². The van der Waals surface area contributed by atoms with Crippen LogP contribution in [-0.2, 0) is 6.42 Å². The SMILES string of the molecule is CCCc1nnc(N2CC(Oc3cccc(Cl)c3)C2)o1. The van der Waals surface area contributed by atoms with Crippen molar-refractivity contribution in [2.75, 3.05) is 18.0 Å². The Labute approximate surface area is 122 Å². The van der Waals surface area contributed by atoms with Crippen LogP contribution in [0.3, 0.4) is 0 Å². The molecule has 0 unspecified atom stereocenters. The first kappa shape index (κ1) is 13.2. The van der Waals surface area contributed by atoms with E-state index < -0.39 is 0 Å². The fraction of sp³-hybridized carbons (Fsp3) is 0.429. The molecule has 0 saturated carbocycles. The average Bonchev–Trinajstić information content (AvgIpc) is 2.82. The van der Waals surface area contributed by atoms with Gasteiger partial charge in [0.2, 0.25) is 5.89 Å². The Bertz CT molecular complexity index is 581. The Balaban J connectivity index is 1.53. The van der Waals surface area contributed by atoms with Gasteiger partial charge in [0, 0.05) is 11.4 Å². The molecule has 0 spiro atoms. The number of hydrogen-bond acceptors (Lipinski definition) is 5. The van der Waals surface area contributed by atoms with Crippen LogP contribution in [-0.4, -0.2) is 29.4 Å². The van der Waals surface area contributed by atoms with Gasteiger partial charge >= 0.3 is 6.01 Å². The Morgan fingerprint density at radius 1 is 1.40 bits per heavy atom. The molecule has 1 aromatic carbocycles. The van der Waals surface area contributed by atoms with Gasteiger partial charge in [-0.3, -0.25) is 0 Å². The van der Waals surface area contributed by atoms with Crippen LogP contribution in [0.25, 0.3) is 0 Å². The monoisotopic (exact) mass is 293 g/mol. The van der Waals surface area contributed by atoms with Crippen molar-refractivity contribution >= 4 is 17.6 Å². The maximum atomic E-state index is 5.92. The summed E-state index contributed by atoms with van der Waals surface area (Å²) >= 11 is 5.92. The van der Waals surface area contributed by atoms with Crippen molar-refractivity contribution in [3.8, 4) is 5.75 Å². The Hall–Kier alpha value is -1.75. The zero-order valence-electron chi connectivity index (χ0n) is 11.3. The first-order valence-electron chi connectivity index (χ1n) is 6.74. The first-order valence-corrected chi connectivity index (χ1v) is 7.12. The van der Waals surface area contributed by atoms with E-state index in [1.54, 1.807) is 0 Å². The zero-order chi connectivity index (χ0) is 13.9. The fourth-order valence-electron chi connectivity index (χ4n) is 2.09. The molecule has 2 heterocycles. The van der Waals surface area contributed by atoms with Gasteiger partial charge in [0.25, 0.3) is 0 Å². The van der Waals surface area contributed by atoms with Gasteiger partial charge in [0.1, 0.15) is 11.9 Å². The van der Waals surface area contributed by atoms with E-state index in [1.807, 2.05) is 29.2 Å². The molecular formula is C14H16ClN3O2. The Morgan fingerprint density at radius 3 is 3.00 bits per heavy atom. The molecule has 20 heavy (non-hydrogen) atoms. The van der Waals surface area contributed by atoms with Crippen LogP contribution >= 0.6 is 11.6 Å². The summed E-state index contributed by atoms with van der Waals surface area (Å²) in [5, 5.41) is 8.74. The maximum absolute atomic E-state index is 5.92. The van der Waals surface area contributed by atoms with Gasteiger partial charge in [0.15, 0.2) is 0 Å². The van der Waals surface area contributed by atoms with E-state index in [-0.39, 0.29) is 6.10 Å². The second-order valence-electron chi connectivity index (χ2n) is 4.83. The second-order valence-corrected chi connectivity index (χ2v) is 5.27. The summed E-state index contributed by atoms with van der Waals surface area (Å²) in [6.45, 7) is 3.59. The molecule has 0 amide bonds. The topological polar surface area (TPSA) is 51.4 Å². The Kier molecular flexibility index (Phi) is 3.78. The molecule has 1 fully saturated rings. The maximum Gasteiger partial charge on any atom is 0.318 e. The van der Waals surface area contributed by atoms with Crippen molar-refractivity contribution in [2.45, 2.75) is 25.9 Å². The number of hydrogen-bond donors (Lipinski definition) is 0. The quantitative estimate of drug-likeness (QED) is 0.848. The molecule has 0 N–H and O–H groups in total. The molecule has 0 radical (unpaired) electrons. The minimum Gasteiger partial charge on any atom is -0.487 e. The lowest BCUT2D eigenvalue weighted by Crippen LogP contribution is -2.54. The molecular weight excluding hydrogens is 278 g/mol. The minimum absolute atomic E-state index is 0.134. The standard InChI is InChI=1S/C14H16ClN3O2/c1-2-4-13-16-17-14(20-13)18-8-12(9-18)19-11-6-3-5-10(15)7-11/h3,5-7,12H,2,4,8-9H2,1H3. The van der Waals surface area contributed by atoms with Crippen LogP contribution in [0.2, 0.25) is 5.02 Å². The number of nitrogens with zero attached hydrogens (tertiary/aromatic N) is 3. The smallest absolute Gasteiger partial charge is 0.318 e. The molecule has 106 valence electrons. The second kappa shape index (κ2) is 5.71. The number of anilines is 1. The molecule has 1 saturated heterocycles. The summed E-state index contributed by atoms with van der Waals surface area (Å²) in [5.74, 6) is 1.49. The normalized spacial score (nSPS) is 15.2. The van der Waals surface area contributed by atoms with E-state index in [4.69, 9.17) is 20.8 Å². The van der Waals surface area contributed by atoms with Gasteiger partial charge in [-0.2, -0.15) is 0 Å². The summed E-state index contributed by atoms with van der Waals surface area (Å²) in [5.41, 5.74) is 0. The Morgan fingerprint density at radius 2 is 2.25 bits per heavy atom. The lowest BCUT2D eigenvalue weighted by atomic mass is 10.2. The molecule has 1 aliphatic rings. The summed E-state index contributed by atoms with van der Waals surface area (Å²) in [6.07, 6.45) is 1.96. The van der Waals surface area contributed by atoms with E-state index >= 15 is 0 Å². The molecule has 6 heteroatoms.